The first-order valence-corrected chi connectivity index (χ1v) is 7.85. The van der Waals surface area contributed by atoms with E-state index in [0.29, 0.717) is 11.5 Å². The minimum absolute atomic E-state index is 0.169. The van der Waals surface area contributed by atoms with Gasteiger partial charge in [-0.3, -0.25) is 0 Å². The SMILES string of the molecule is CCNC(c1nc(C(C)C)cs1)c1cc(C)ccc1F. The van der Waals surface area contributed by atoms with Crippen LogP contribution in [0.3, 0.4) is 0 Å². The zero-order chi connectivity index (χ0) is 14.7. The van der Waals surface area contributed by atoms with E-state index in [1.165, 1.54) is 6.07 Å². The van der Waals surface area contributed by atoms with Gasteiger partial charge in [-0.05, 0) is 25.5 Å². The van der Waals surface area contributed by atoms with Gasteiger partial charge in [-0.15, -0.1) is 11.3 Å². The quantitative estimate of drug-likeness (QED) is 0.882. The van der Waals surface area contributed by atoms with Gasteiger partial charge < -0.3 is 5.32 Å². The first-order valence-electron chi connectivity index (χ1n) is 6.97. The number of hydrogen-bond acceptors (Lipinski definition) is 3. The molecule has 0 saturated heterocycles. The largest absolute Gasteiger partial charge is 0.304 e. The third-order valence-corrected chi connectivity index (χ3v) is 4.18. The maximum atomic E-state index is 14.1. The number of aromatic nitrogens is 1. The van der Waals surface area contributed by atoms with E-state index >= 15 is 0 Å². The summed E-state index contributed by atoms with van der Waals surface area (Å²) in [5.41, 5.74) is 2.81. The normalized spacial score (nSPS) is 12.9. The maximum Gasteiger partial charge on any atom is 0.128 e. The molecule has 1 heterocycles. The van der Waals surface area contributed by atoms with Gasteiger partial charge >= 0.3 is 0 Å². The van der Waals surface area contributed by atoms with Crippen LogP contribution in [0.25, 0.3) is 0 Å². The molecule has 1 unspecified atom stereocenters. The summed E-state index contributed by atoms with van der Waals surface area (Å²) in [5.74, 6) is 0.215. The smallest absolute Gasteiger partial charge is 0.128 e. The van der Waals surface area contributed by atoms with Crippen LogP contribution in [0.5, 0.6) is 0 Å². The van der Waals surface area contributed by atoms with Gasteiger partial charge in [0.05, 0.1) is 11.7 Å². The highest BCUT2D eigenvalue weighted by atomic mass is 32.1. The van der Waals surface area contributed by atoms with Crippen molar-refractivity contribution in [3.63, 3.8) is 0 Å². The molecule has 0 spiro atoms. The van der Waals surface area contributed by atoms with Crippen molar-refractivity contribution in [1.29, 1.82) is 0 Å². The summed E-state index contributed by atoms with van der Waals surface area (Å²) in [7, 11) is 0. The van der Waals surface area contributed by atoms with Gasteiger partial charge in [0.25, 0.3) is 0 Å². The van der Waals surface area contributed by atoms with Crippen LogP contribution in [0.4, 0.5) is 4.39 Å². The minimum atomic E-state index is -0.178. The standard InChI is InChI=1S/C16H21FN2S/c1-5-18-15(12-8-11(4)6-7-13(12)17)16-19-14(9-20-16)10(2)3/h6-10,15,18H,5H2,1-4H3. The third-order valence-electron chi connectivity index (χ3n) is 3.25. The van der Waals surface area contributed by atoms with Crippen LogP contribution in [-0.2, 0) is 0 Å². The number of hydrogen-bond donors (Lipinski definition) is 1. The first-order chi connectivity index (χ1) is 9.52. The second kappa shape index (κ2) is 6.46. The second-order valence-electron chi connectivity index (χ2n) is 5.28. The molecule has 1 aromatic carbocycles. The van der Waals surface area contributed by atoms with E-state index in [0.717, 1.165) is 22.8 Å². The fourth-order valence-corrected chi connectivity index (χ4v) is 3.19. The van der Waals surface area contributed by atoms with E-state index in [-0.39, 0.29) is 11.9 Å². The highest BCUT2D eigenvalue weighted by Crippen LogP contribution is 2.29. The highest BCUT2D eigenvalue weighted by Gasteiger charge is 2.21. The van der Waals surface area contributed by atoms with Crippen molar-refractivity contribution >= 4 is 11.3 Å². The van der Waals surface area contributed by atoms with Crippen molar-refractivity contribution in [1.82, 2.24) is 10.3 Å². The number of thiazole rings is 1. The number of halogens is 1. The lowest BCUT2D eigenvalue weighted by molar-refractivity contribution is 0.556. The van der Waals surface area contributed by atoms with Crippen molar-refractivity contribution in [3.05, 3.63) is 51.2 Å². The monoisotopic (exact) mass is 292 g/mol. The van der Waals surface area contributed by atoms with Crippen LogP contribution in [0.15, 0.2) is 23.6 Å². The second-order valence-corrected chi connectivity index (χ2v) is 6.17. The molecule has 1 N–H and O–H groups in total. The Kier molecular flexibility index (Phi) is 4.89. The van der Waals surface area contributed by atoms with Crippen molar-refractivity contribution in [2.45, 2.75) is 39.7 Å². The molecule has 4 heteroatoms. The molecule has 2 aromatic rings. The molecular formula is C16H21FN2S. The molecule has 2 nitrogen and oxygen atoms in total. The first kappa shape index (κ1) is 15.1. The number of benzene rings is 1. The summed E-state index contributed by atoms with van der Waals surface area (Å²) in [6.07, 6.45) is 0. The fourth-order valence-electron chi connectivity index (χ4n) is 2.12. The predicted octanol–water partition coefficient (Wildman–Crippen LogP) is 4.41. The Morgan fingerprint density at radius 1 is 1.35 bits per heavy atom. The molecule has 0 amide bonds. The molecule has 0 fully saturated rings. The molecule has 0 aliphatic heterocycles. The van der Waals surface area contributed by atoms with Gasteiger partial charge in [0.2, 0.25) is 0 Å². The van der Waals surface area contributed by atoms with Crippen LogP contribution in [0.2, 0.25) is 0 Å². The van der Waals surface area contributed by atoms with Gasteiger partial charge in [-0.25, -0.2) is 9.37 Å². The summed E-state index contributed by atoms with van der Waals surface area (Å²) in [4.78, 5) is 4.67. The Bertz CT molecular complexity index is 578. The zero-order valence-corrected chi connectivity index (χ0v) is 13.2. The Morgan fingerprint density at radius 2 is 2.10 bits per heavy atom. The molecule has 2 rings (SSSR count). The molecule has 0 radical (unpaired) electrons. The summed E-state index contributed by atoms with van der Waals surface area (Å²) in [6.45, 7) is 9.02. The Balaban J connectivity index is 2.41. The van der Waals surface area contributed by atoms with E-state index in [1.807, 2.05) is 19.9 Å². The predicted molar refractivity (Wildman–Crippen MR) is 82.9 cm³/mol. The lowest BCUT2D eigenvalue weighted by Gasteiger charge is -2.17. The molecule has 0 aliphatic rings. The van der Waals surface area contributed by atoms with Gasteiger partial charge in [-0.2, -0.15) is 0 Å². The molecule has 108 valence electrons. The van der Waals surface area contributed by atoms with Gasteiger partial charge in [0.15, 0.2) is 0 Å². The molecule has 20 heavy (non-hydrogen) atoms. The molecule has 1 atom stereocenters. The van der Waals surface area contributed by atoms with E-state index in [4.69, 9.17) is 0 Å². The average molecular weight is 292 g/mol. The number of nitrogens with zero attached hydrogens (tertiary/aromatic N) is 1. The molecular weight excluding hydrogens is 271 g/mol. The van der Waals surface area contributed by atoms with Crippen molar-refractivity contribution in [2.75, 3.05) is 6.54 Å². The lowest BCUT2D eigenvalue weighted by Crippen LogP contribution is -2.23. The Hall–Kier alpha value is -1.26. The highest BCUT2D eigenvalue weighted by molar-refractivity contribution is 7.09. The van der Waals surface area contributed by atoms with Crippen molar-refractivity contribution < 1.29 is 4.39 Å². The number of rotatable bonds is 5. The Labute approximate surface area is 124 Å². The molecule has 0 aliphatic carbocycles. The topological polar surface area (TPSA) is 24.9 Å². The zero-order valence-electron chi connectivity index (χ0n) is 12.4. The van der Waals surface area contributed by atoms with Crippen LogP contribution >= 0.6 is 11.3 Å². The summed E-state index contributed by atoms with van der Waals surface area (Å²) in [5, 5.41) is 6.34. The summed E-state index contributed by atoms with van der Waals surface area (Å²) in [6, 6.07) is 5.06. The lowest BCUT2D eigenvalue weighted by atomic mass is 10.0. The third kappa shape index (κ3) is 3.25. The van der Waals surface area contributed by atoms with Crippen LogP contribution in [0, 0.1) is 12.7 Å². The molecule has 1 aromatic heterocycles. The van der Waals surface area contributed by atoms with Crippen LogP contribution < -0.4 is 5.32 Å². The van der Waals surface area contributed by atoms with Crippen LogP contribution in [-0.4, -0.2) is 11.5 Å². The van der Waals surface area contributed by atoms with Gasteiger partial charge in [0.1, 0.15) is 10.8 Å². The summed E-state index contributed by atoms with van der Waals surface area (Å²) < 4.78 is 14.1. The van der Waals surface area contributed by atoms with E-state index in [9.17, 15) is 4.39 Å². The van der Waals surface area contributed by atoms with Crippen molar-refractivity contribution in [2.24, 2.45) is 0 Å². The van der Waals surface area contributed by atoms with Gasteiger partial charge in [-0.1, -0.05) is 38.5 Å². The molecule has 0 bridgehead atoms. The van der Waals surface area contributed by atoms with Crippen molar-refractivity contribution in [3.8, 4) is 0 Å². The maximum absolute atomic E-state index is 14.1. The average Bonchev–Trinajstić information content (AvgIpc) is 2.89. The Morgan fingerprint density at radius 3 is 2.70 bits per heavy atom. The summed E-state index contributed by atoms with van der Waals surface area (Å²) >= 11 is 1.60. The van der Waals surface area contributed by atoms with E-state index < -0.39 is 0 Å². The molecule has 0 saturated carbocycles. The van der Waals surface area contributed by atoms with Crippen LogP contribution in [0.1, 0.15) is 54.6 Å². The van der Waals surface area contributed by atoms with E-state index in [2.05, 4.69) is 29.5 Å². The number of nitrogens with one attached hydrogen (secondary N) is 1. The minimum Gasteiger partial charge on any atom is -0.304 e. The van der Waals surface area contributed by atoms with E-state index in [1.54, 1.807) is 17.4 Å². The fraction of sp³-hybridized carbons (Fsp3) is 0.438. The number of aryl methyl sites for hydroxylation is 1. The van der Waals surface area contributed by atoms with Gasteiger partial charge in [0, 0.05) is 10.9 Å².